The topological polar surface area (TPSA) is 153 Å². The Hall–Kier alpha value is -4.40. The van der Waals surface area contributed by atoms with E-state index in [2.05, 4.69) is 29.6 Å². The van der Waals surface area contributed by atoms with Crippen LogP contribution in [0.25, 0.3) is 0 Å². The van der Waals surface area contributed by atoms with Gasteiger partial charge in [0.05, 0.1) is 9.79 Å². The Labute approximate surface area is 352 Å². The molecule has 0 aliphatic heterocycles. The zero-order valence-corrected chi connectivity index (χ0v) is 37.1. The summed E-state index contributed by atoms with van der Waals surface area (Å²) < 4.78 is 61.1. The van der Waals surface area contributed by atoms with Crippen molar-refractivity contribution in [2.45, 2.75) is 109 Å². The van der Waals surface area contributed by atoms with Crippen LogP contribution in [-0.4, -0.2) is 75.2 Å². The van der Waals surface area contributed by atoms with Crippen molar-refractivity contribution in [2.24, 2.45) is 0 Å². The van der Waals surface area contributed by atoms with Gasteiger partial charge in [-0.05, 0) is 113 Å². The van der Waals surface area contributed by atoms with E-state index in [0.29, 0.717) is 65.7 Å². The van der Waals surface area contributed by atoms with E-state index in [9.17, 15) is 26.4 Å². The number of unbranched alkanes of at least 4 members (excludes halogenated alkanes) is 2. The van der Waals surface area contributed by atoms with E-state index in [1.165, 1.54) is 4.31 Å². The molecule has 4 aromatic carbocycles. The molecule has 2 amide bonds. The second kappa shape index (κ2) is 22.3. The third kappa shape index (κ3) is 13.3. The minimum absolute atomic E-state index is 0.0369. The Balaban J connectivity index is 1.54. The molecule has 0 radical (unpaired) electrons. The molecule has 0 unspecified atom stereocenters. The van der Waals surface area contributed by atoms with Crippen molar-refractivity contribution in [2.75, 3.05) is 32.7 Å². The zero-order chi connectivity index (χ0) is 43.2. The van der Waals surface area contributed by atoms with E-state index in [4.69, 9.17) is 5.21 Å². The zero-order valence-electron chi connectivity index (χ0n) is 35.5. The van der Waals surface area contributed by atoms with Gasteiger partial charge >= 0.3 is 0 Å². The van der Waals surface area contributed by atoms with Crippen LogP contribution < -0.4 is 10.8 Å². The SMILES string of the molecule is Cc1cc(C)c(S(=O)(=O)N(CCCCN(CCC(c2ccccc2)c2ccccc2)S(=O)(=O)c2c(C)cc(C)cc2C)CCCNC(=O)CCCCC(=O)NO)c(C)c1. The first-order chi connectivity index (χ1) is 28.1. The van der Waals surface area contributed by atoms with Crippen LogP contribution in [0, 0.1) is 41.5 Å². The standard InChI is InChI=1S/C46H62N4O7S2/c1-34-30-36(3)45(37(4)31-34)58(54,55)49(28-17-25-47-43(51)22-13-14-23-44(52)48-53)26-15-16-27-50(59(56,57)46-38(5)32-35(2)33-39(46)6)29-24-42(40-18-9-7-10-19-40)41-20-11-8-12-21-41/h7-12,18-21,30-33,42,53H,13-17,22-29H2,1-6H3,(H,47,51)(H,48,52). The molecule has 0 saturated carbocycles. The summed E-state index contributed by atoms with van der Waals surface area (Å²) in [5, 5.41) is 11.5. The largest absolute Gasteiger partial charge is 0.356 e. The lowest BCUT2D eigenvalue weighted by atomic mass is 9.88. The summed E-state index contributed by atoms with van der Waals surface area (Å²) in [7, 11) is -7.88. The second-order valence-corrected chi connectivity index (χ2v) is 19.3. The van der Waals surface area contributed by atoms with Crippen molar-refractivity contribution >= 4 is 31.9 Å². The fraction of sp³-hybridized carbons (Fsp3) is 0.435. The Morgan fingerprint density at radius 1 is 0.559 bits per heavy atom. The third-order valence-corrected chi connectivity index (χ3v) is 15.0. The molecule has 4 rings (SSSR count). The Morgan fingerprint density at radius 3 is 1.37 bits per heavy atom. The lowest BCUT2D eigenvalue weighted by molar-refractivity contribution is -0.129. The van der Waals surface area contributed by atoms with Gasteiger partial charge in [0.25, 0.3) is 0 Å². The Kier molecular flexibility index (Phi) is 17.8. The summed E-state index contributed by atoms with van der Waals surface area (Å²) in [6, 6.07) is 27.7. The van der Waals surface area contributed by atoms with Crippen LogP contribution >= 0.6 is 0 Å². The highest BCUT2D eigenvalue weighted by Crippen LogP contribution is 2.32. The van der Waals surface area contributed by atoms with Crippen molar-refractivity contribution in [3.63, 3.8) is 0 Å². The number of carbonyl (C=O) groups is 2. The van der Waals surface area contributed by atoms with E-state index in [1.54, 1.807) is 23.6 Å². The number of hydrogen-bond donors (Lipinski definition) is 3. The average Bonchev–Trinajstić information content (AvgIpc) is 3.17. The summed E-state index contributed by atoms with van der Waals surface area (Å²) in [5.74, 6) is -0.738. The Bertz CT molecular complexity index is 2150. The van der Waals surface area contributed by atoms with Gasteiger partial charge < -0.3 is 5.32 Å². The molecular weight excluding hydrogens is 785 g/mol. The maximum Gasteiger partial charge on any atom is 0.243 e. The van der Waals surface area contributed by atoms with Crippen LogP contribution in [0.15, 0.2) is 94.7 Å². The number of benzene rings is 4. The van der Waals surface area contributed by atoms with Crippen molar-refractivity contribution in [3.05, 3.63) is 129 Å². The van der Waals surface area contributed by atoms with Gasteiger partial charge in [0.15, 0.2) is 0 Å². The number of aryl methyl sites for hydroxylation is 6. The van der Waals surface area contributed by atoms with Crippen LogP contribution in [0.1, 0.15) is 102 Å². The van der Waals surface area contributed by atoms with Crippen LogP contribution in [-0.2, 0) is 29.6 Å². The number of nitrogens with zero attached hydrogens (tertiary/aromatic N) is 2. The number of hydroxylamine groups is 1. The van der Waals surface area contributed by atoms with Gasteiger partial charge in [-0.25, -0.2) is 22.3 Å². The van der Waals surface area contributed by atoms with Gasteiger partial charge in [0, 0.05) is 51.5 Å². The van der Waals surface area contributed by atoms with E-state index < -0.39 is 26.0 Å². The minimum atomic E-state index is -3.95. The minimum Gasteiger partial charge on any atom is -0.356 e. The molecule has 59 heavy (non-hydrogen) atoms. The summed E-state index contributed by atoms with van der Waals surface area (Å²) in [6.45, 7) is 12.2. The lowest BCUT2D eigenvalue weighted by Crippen LogP contribution is -2.37. The van der Waals surface area contributed by atoms with E-state index in [1.807, 2.05) is 88.4 Å². The predicted molar refractivity (Wildman–Crippen MR) is 233 cm³/mol. The Morgan fingerprint density at radius 2 is 0.949 bits per heavy atom. The highest BCUT2D eigenvalue weighted by Gasteiger charge is 2.31. The fourth-order valence-corrected chi connectivity index (χ4v) is 11.9. The predicted octanol–water partition coefficient (Wildman–Crippen LogP) is 7.79. The lowest BCUT2D eigenvalue weighted by Gasteiger charge is -2.28. The van der Waals surface area contributed by atoms with Gasteiger partial charge in [-0.3, -0.25) is 14.8 Å². The maximum absolute atomic E-state index is 14.7. The fourth-order valence-electron chi connectivity index (χ4n) is 8.05. The number of hydrogen-bond acceptors (Lipinski definition) is 7. The third-order valence-electron chi connectivity index (χ3n) is 10.6. The molecule has 0 bridgehead atoms. The normalized spacial score (nSPS) is 12.0. The van der Waals surface area contributed by atoms with E-state index >= 15 is 0 Å². The highest BCUT2D eigenvalue weighted by atomic mass is 32.2. The molecule has 0 aromatic heterocycles. The van der Waals surface area contributed by atoms with Gasteiger partial charge in [0.2, 0.25) is 31.9 Å². The highest BCUT2D eigenvalue weighted by molar-refractivity contribution is 7.89. The molecule has 3 N–H and O–H groups in total. The first-order valence-electron chi connectivity index (χ1n) is 20.5. The molecule has 0 spiro atoms. The van der Waals surface area contributed by atoms with Gasteiger partial charge in [-0.1, -0.05) is 96.1 Å². The van der Waals surface area contributed by atoms with Crippen LogP contribution in [0.4, 0.5) is 0 Å². The summed E-state index contributed by atoms with van der Waals surface area (Å²) in [5.41, 5.74) is 8.43. The summed E-state index contributed by atoms with van der Waals surface area (Å²) in [6.07, 6.45) is 3.00. The van der Waals surface area contributed by atoms with Crippen molar-refractivity contribution in [1.29, 1.82) is 0 Å². The molecule has 0 saturated heterocycles. The molecule has 320 valence electrons. The first-order valence-corrected chi connectivity index (χ1v) is 23.4. The number of nitrogens with one attached hydrogen (secondary N) is 2. The van der Waals surface area contributed by atoms with Crippen molar-refractivity contribution < 1.29 is 31.6 Å². The van der Waals surface area contributed by atoms with Gasteiger partial charge in [-0.2, -0.15) is 8.61 Å². The molecule has 11 nitrogen and oxygen atoms in total. The van der Waals surface area contributed by atoms with E-state index in [-0.39, 0.29) is 62.3 Å². The maximum atomic E-state index is 14.7. The van der Waals surface area contributed by atoms with Crippen molar-refractivity contribution in [1.82, 2.24) is 19.4 Å². The van der Waals surface area contributed by atoms with Crippen LogP contribution in [0.3, 0.4) is 0 Å². The monoisotopic (exact) mass is 846 g/mol. The van der Waals surface area contributed by atoms with Gasteiger partial charge in [-0.15, -0.1) is 0 Å². The van der Waals surface area contributed by atoms with Gasteiger partial charge in [0.1, 0.15) is 0 Å². The summed E-state index contributed by atoms with van der Waals surface area (Å²) in [4.78, 5) is 24.3. The quantitative estimate of drug-likeness (QED) is 0.0392. The molecule has 13 heteroatoms. The molecular formula is C46H62N4O7S2. The number of carbonyl (C=O) groups excluding carboxylic acids is 2. The second-order valence-electron chi connectivity index (χ2n) is 15.6. The summed E-state index contributed by atoms with van der Waals surface area (Å²) >= 11 is 0. The molecule has 0 heterocycles. The number of sulfonamides is 2. The first kappa shape index (κ1) is 47.3. The number of rotatable bonds is 23. The van der Waals surface area contributed by atoms with Crippen molar-refractivity contribution in [3.8, 4) is 0 Å². The smallest absolute Gasteiger partial charge is 0.243 e. The molecule has 0 fully saturated rings. The average molecular weight is 847 g/mol. The number of amides is 2. The van der Waals surface area contributed by atoms with Crippen LogP contribution in [0.5, 0.6) is 0 Å². The van der Waals surface area contributed by atoms with Crippen LogP contribution in [0.2, 0.25) is 0 Å². The molecule has 0 atom stereocenters. The molecule has 4 aromatic rings. The molecule has 0 aliphatic rings. The molecule has 0 aliphatic carbocycles. The van der Waals surface area contributed by atoms with E-state index in [0.717, 1.165) is 22.3 Å².